The molecule has 112 valence electrons. The number of likely N-dealkylation sites (tertiary alicyclic amines) is 1. The lowest BCUT2D eigenvalue weighted by Gasteiger charge is -2.24. The summed E-state index contributed by atoms with van der Waals surface area (Å²) >= 11 is 0. The molecule has 1 saturated heterocycles. The van der Waals surface area contributed by atoms with Crippen LogP contribution in [0.4, 0.5) is 0 Å². The standard InChI is InChI=1S/C16H19NO4/c1-9-6-11-8-14(21-13(11)7-10(9)2)15(18)17-5-3-4-12(17)16(19)20/h6-7,12,14H,3-5,8H2,1-2H3,(H,19,20)/t12-,14+/m0/s1. The summed E-state index contributed by atoms with van der Waals surface area (Å²) in [6.07, 6.45) is 1.21. The highest BCUT2D eigenvalue weighted by Gasteiger charge is 2.40. The van der Waals surface area contributed by atoms with Crippen LogP contribution in [-0.4, -0.2) is 40.6 Å². The maximum absolute atomic E-state index is 12.5. The van der Waals surface area contributed by atoms with Crippen molar-refractivity contribution in [3.63, 3.8) is 0 Å². The molecule has 1 aromatic rings. The van der Waals surface area contributed by atoms with E-state index in [0.29, 0.717) is 19.4 Å². The van der Waals surface area contributed by atoms with Crippen LogP contribution in [0.25, 0.3) is 0 Å². The van der Waals surface area contributed by atoms with Gasteiger partial charge in [-0.3, -0.25) is 4.79 Å². The van der Waals surface area contributed by atoms with Gasteiger partial charge in [-0.25, -0.2) is 4.79 Å². The van der Waals surface area contributed by atoms with Gasteiger partial charge in [0.1, 0.15) is 11.8 Å². The van der Waals surface area contributed by atoms with Crippen molar-refractivity contribution in [2.75, 3.05) is 6.54 Å². The average molecular weight is 289 g/mol. The third kappa shape index (κ3) is 2.37. The third-order valence-corrected chi connectivity index (χ3v) is 4.45. The zero-order valence-electron chi connectivity index (χ0n) is 12.3. The fourth-order valence-electron chi connectivity index (χ4n) is 3.12. The molecule has 0 bridgehead atoms. The summed E-state index contributed by atoms with van der Waals surface area (Å²) in [5, 5.41) is 9.19. The van der Waals surface area contributed by atoms with Crippen molar-refractivity contribution in [3.8, 4) is 5.75 Å². The molecule has 1 amide bonds. The van der Waals surface area contributed by atoms with Crippen molar-refractivity contribution < 1.29 is 19.4 Å². The maximum atomic E-state index is 12.5. The molecule has 0 aliphatic carbocycles. The zero-order valence-corrected chi connectivity index (χ0v) is 12.3. The number of rotatable bonds is 2. The van der Waals surface area contributed by atoms with Gasteiger partial charge >= 0.3 is 5.97 Å². The van der Waals surface area contributed by atoms with Gasteiger partial charge in [-0.2, -0.15) is 0 Å². The normalized spacial score (nSPS) is 23.8. The van der Waals surface area contributed by atoms with Crippen LogP contribution in [0.3, 0.4) is 0 Å². The number of ether oxygens (including phenoxy) is 1. The van der Waals surface area contributed by atoms with Crippen LogP contribution in [0.5, 0.6) is 5.75 Å². The van der Waals surface area contributed by atoms with Crippen LogP contribution in [0.2, 0.25) is 0 Å². The van der Waals surface area contributed by atoms with E-state index in [1.54, 1.807) is 0 Å². The molecule has 2 heterocycles. The molecule has 1 aromatic carbocycles. The summed E-state index contributed by atoms with van der Waals surface area (Å²) in [6.45, 7) is 4.55. The number of aryl methyl sites for hydroxylation is 2. The maximum Gasteiger partial charge on any atom is 0.326 e. The van der Waals surface area contributed by atoms with Crippen molar-refractivity contribution in [1.82, 2.24) is 4.90 Å². The van der Waals surface area contributed by atoms with Gasteiger partial charge in [0.2, 0.25) is 0 Å². The molecule has 2 aliphatic rings. The molecule has 3 rings (SSSR count). The van der Waals surface area contributed by atoms with Crippen molar-refractivity contribution >= 4 is 11.9 Å². The molecule has 0 radical (unpaired) electrons. The fraction of sp³-hybridized carbons (Fsp3) is 0.500. The number of hydrogen-bond acceptors (Lipinski definition) is 3. The van der Waals surface area contributed by atoms with Crippen LogP contribution in [-0.2, 0) is 16.0 Å². The third-order valence-electron chi connectivity index (χ3n) is 4.45. The number of fused-ring (bicyclic) bond motifs is 1. The van der Waals surface area contributed by atoms with Gasteiger partial charge in [-0.1, -0.05) is 6.07 Å². The van der Waals surface area contributed by atoms with E-state index in [9.17, 15) is 14.7 Å². The van der Waals surface area contributed by atoms with Gasteiger partial charge in [0.05, 0.1) is 0 Å². The van der Waals surface area contributed by atoms with Crippen LogP contribution < -0.4 is 4.74 Å². The second kappa shape index (κ2) is 5.06. The minimum absolute atomic E-state index is 0.202. The van der Waals surface area contributed by atoms with Gasteiger partial charge in [0.25, 0.3) is 5.91 Å². The molecule has 1 N–H and O–H groups in total. The van der Waals surface area contributed by atoms with Gasteiger partial charge < -0.3 is 14.7 Å². The highest BCUT2D eigenvalue weighted by molar-refractivity contribution is 5.88. The van der Waals surface area contributed by atoms with E-state index < -0.39 is 18.1 Å². The van der Waals surface area contributed by atoms with E-state index in [2.05, 4.69) is 6.07 Å². The molecule has 2 atom stereocenters. The number of carbonyl (C=O) groups excluding carboxylic acids is 1. The van der Waals surface area contributed by atoms with E-state index >= 15 is 0 Å². The number of carboxylic acids is 1. The quantitative estimate of drug-likeness (QED) is 0.899. The zero-order chi connectivity index (χ0) is 15.1. The molecule has 1 fully saturated rings. The number of amides is 1. The molecule has 5 nitrogen and oxygen atoms in total. The average Bonchev–Trinajstić information content (AvgIpc) is 3.04. The van der Waals surface area contributed by atoms with Crippen molar-refractivity contribution in [2.24, 2.45) is 0 Å². The Morgan fingerprint density at radius 2 is 2.00 bits per heavy atom. The van der Waals surface area contributed by atoms with E-state index in [1.165, 1.54) is 10.5 Å². The molecule has 0 saturated carbocycles. The number of carboxylic acid groups (broad SMARTS) is 1. The highest BCUT2D eigenvalue weighted by Crippen LogP contribution is 2.33. The fourth-order valence-corrected chi connectivity index (χ4v) is 3.12. The summed E-state index contributed by atoms with van der Waals surface area (Å²) in [5.74, 6) is -0.378. The number of aliphatic carboxylic acids is 1. The summed E-state index contributed by atoms with van der Waals surface area (Å²) < 4.78 is 5.76. The topological polar surface area (TPSA) is 66.8 Å². The monoisotopic (exact) mass is 289 g/mol. The molecular formula is C16H19NO4. The minimum Gasteiger partial charge on any atom is -0.480 e. The molecule has 0 spiro atoms. The van der Waals surface area contributed by atoms with Gasteiger partial charge in [-0.15, -0.1) is 0 Å². The highest BCUT2D eigenvalue weighted by atomic mass is 16.5. The van der Waals surface area contributed by atoms with Crippen molar-refractivity contribution in [3.05, 3.63) is 28.8 Å². The molecule has 2 aliphatic heterocycles. The Morgan fingerprint density at radius 3 is 2.71 bits per heavy atom. The Kier molecular flexibility index (Phi) is 3.35. The summed E-state index contributed by atoms with van der Waals surface area (Å²) in [4.78, 5) is 25.2. The van der Waals surface area contributed by atoms with Crippen LogP contribution in [0, 0.1) is 13.8 Å². The number of benzene rings is 1. The molecule has 21 heavy (non-hydrogen) atoms. The predicted octanol–water partition coefficient (Wildman–Crippen LogP) is 1.68. The van der Waals surface area contributed by atoms with Crippen LogP contribution in [0.1, 0.15) is 29.5 Å². The smallest absolute Gasteiger partial charge is 0.326 e. The Morgan fingerprint density at radius 1 is 1.29 bits per heavy atom. The Bertz CT molecular complexity index is 580. The lowest BCUT2D eigenvalue weighted by Crippen LogP contribution is -2.46. The summed E-state index contributed by atoms with van der Waals surface area (Å²) in [5.41, 5.74) is 3.34. The number of nitrogens with zero attached hydrogens (tertiary/aromatic N) is 1. The lowest BCUT2D eigenvalue weighted by molar-refractivity contribution is -0.150. The molecule has 0 aromatic heterocycles. The Labute approximate surface area is 123 Å². The first kappa shape index (κ1) is 13.9. The van der Waals surface area contributed by atoms with Gasteiger partial charge in [0, 0.05) is 13.0 Å². The van der Waals surface area contributed by atoms with Crippen LogP contribution in [0.15, 0.2) is 12.1 Å². The van der Waals surface area contributed by atoms with Gasteiger partial charge in [0.15, 0.2) is 6.10 Å². The predicted molar refractivity (Wildman–Crippen MR) is 76.4 cm³/mol. The van der Waals surface area contributed by atoms with E-state index in [0.717, 1.165) is 23.3 Å². The lowest BCUT2D eigenvalue weighted by atomic mass is 10.0. The van der Waals surface area contributed by atoms with E-state index in [-0.39, 0.29) is 5.91 Å². The minimum atomic E-state index is -0.928. The Hall–Kier alpha value is -2.04. The second-order valence-corrected chi connectivity index (χ2v) is 5.88. The largest absolute Gasteiger partial charge is 0.480 e. The molecule has 0 unspecified atom stereocenters. The molecule has 5 heteroatoms. The first-order chi connectivity index (χ1) is 9.97. The number of carbonyl (C=O) groups is 2. The van der Waals surface area contributed by atoms with Crippen molar-refractivity contribution in [1.29, 1.82) is 0 Å². The first-order valence-electron chi connectivity index (χ1n) is 7.27. The Balaban J connectivity index is 1.78. The van der Waals surface area contributed by atoms with E-state index in [1.807, 2.05) is 19.9 Å². The first-order valence-corrected chi connectivity index (χ1v) is 7.27. The van der Waals surface area contributed by atoms with Gasteiger partial charge in [-0.05, 0) is 49.4 Å². The second-order valence-electron chi connectivity index (χ2n) is 5.88. The SMILES string of the molecule is Cc1cc2c(cc1C)O[C@@H](C(=O)N1CCC[C@H]1C(=O)O)C2. The van der Waals surface area contributed by atoms with Crippen molar-refractivity contribution in [2.45, 2.75) is 45.3 Å². The summed E-state index contributed by atoms with van der Waals surface area (Å²) in [7, 11) is 0. The van der Waals surface area contributed by atoms with E-state index in [4.69, 9.17) is 4.74 Å². The van der Waals surface area contributed by atoms with Crippen LogP contribution >= 0.6 is 0 Å². The molecular weight excluding hydrogens is 270 g/mol. The summed E-state index contributed by atoms with van der Waals surface area (Å²) in [6, 6.07) is 3.31. The number of hydrogen-bond donors (Lipinski definition) is 1.